The molecular weight excluding hydrogens is 170 g/mol. The van der Waals surface area contributed by atoms with Gasteiger partial charge in [-0.2, -0.15) is 0 Å². The van der Waals surface area contributed by atoms with Gasteiger partial charge in [0.25, 0.3) is 0 Å². The van der Waals surface area contributed by atoms with E-state index in [0.29, 0.717) is 19.6 Å². The van der Waals surface area contributed by atoms with E-state index in [4.69, 9.17) is 9.84 Å². The molecule has 4 nitrogen and oxygen atoms in total. The van der Waals surface area contributed by atoms with E-state index in [9.17, 15) is 4.79 Å². The average molecular weight is 189 g/mol. The van der Waals surface area contributed by atoms with Gasteiger partial charge in [0.1, 0.15) is 0 Å². The number of carbonyl (C=O) groups excluding carboxylic acids is 1. The van der Waals surface area contributed by atoms with Crippen molar-refractivity contribution in [3.05, 3.63) is 0 Å². The van der Waals surface area contributed by atoms with E-state index in [1.54, 1.807) is 0 Å². The number of aliphatic hydroxyl groups is 1. The maximum atomic E-state index is 10.9. The van der Waals surface area contributed by atoms with Crippen LogP contribution in [0.15, 0.2) is 0 Å². The van der Waals surface area contributed by atoms with Crippen LogP contribution in [0.4, 0.5) is 0 Å². The van der Waals surface area contributed by atoms with Crippen LogP contribution in [0.3, 0.4) is 0 Å². The number of hydrogen-bond donors (Lipinski definition) is 2. The topological polar surface area (TPSA) is 58.6 Å². The summed E-state index contributed by atoms with van der Waals surface area (Å²) >= 11 is 0. The maximum absolute atomic E-state index is 10.9. The largest absolute Gasteiger partial charge is 0.465 e. The second kappa shape index (κ2) is 9.48. The molecule has 0 fully saturated rings. The summed E-state index contributed by atoms with van der Waals surface area (Å²) < 4.78 is 4.90. The Bertz CT molecular complexity index is 128. The lowest BCUT2D eigenvalue weighted by molar-refractivity contribution is -0.142. The Labute approximate surface area is 79.3 Å². The van der Waals surface area contributed by atoms with Crippen molar-refractivity contribution in [2.45, 2.75) is 26.2 Å². The summed E-state index contributed by atoms with van der Waals surface area (Å²) in [6, 6.07) is 0. The number of nitrogens with one attached hydrogen (secondary N) is 1. The van der Waals surface area contributed by atoms with Crippen LogP contribution >= 0.6 is 0 Å². The van der Waals surface area contributed by atoms with E-state index < -0.39 is 0 Å². The van der Waals surface area contributed by atoms with Gasteiger partial charge in [0, 0.05) is 6.61 Å². The highest BCUT2D eigenvalue weighted by Gasteiger charge is 1.99. The number of ether oxygens (including phenoxy) is 1. The van der Waals surface area contributed by atoms with E-state index in [1.165, 1.54) is 0 Å². The average Bonchev–Trinajstić information content (AvgIpc) is 2.13. The summed E-state index contributed by atoms with van der Waals surface area (Å²) in [6.45, 7) is 3.60. The minimum absolute atomic E-state index is 0.151. The molecule has 0 saturated carbocycles. The van der Waals surface area contributed by atoms with Gasteiger partial charge >= 0.3 is 5.97 Å². The van der Waals surface area contributed by atoms with Gasteiger partial charge in [0.15, 0.2) is 0 Å². The number of rotatable bonds is 8. The summed E-state index contributed by atoms with van der Waals surface area (Å²) in [6.07, 6.45) is 2.62. The molecule has 2 N–H and O–H groups in total. The molecule has 78 valence electrons. The molecule has 0 aromatic rings. The molecule has 0 rings (SSSR count). The van der Waals surface area contributed by atoms with Crippen molar-refractivity contribution in [2.24, 2.45) is 0 Å². The number of carbonyl (C=O) groups is 1. The Morgan fingerprint density at radius 3 is 2.85 bits per heavy atom. The quantitative estimate of drug-likeness (QED) is 0.426. The highest BCUT2D eigenvalue weighted by Crippen LogP contribution is 1.87. The Morgan fingerprint density at radius 2 is 2.23 bits per heavy atom. The van der Waals surface area contributed by atoms with Crippen LogP contribution in [0.5, 0.6) is 0 Å². The van der Waals surface area contributed by atoms with Gasteiger partial charge in [-0.15, -0.1) is 0 Å². The van der Waals surface area contributed by atoms with E-state index >= 15 is 0 Å². The van der Waals surface area contributed by atoms with E-state index in [1.807, 2.05) is 6.92 Å². The lowest BCUT2D eigenvalue weighted by atomic mass is 10.4. The molecule has 0 atom stereocenters. The normalized spacial score (nSPS) is 10.0. The molecule has 0 heterocycles. The summed E-state index contributed by atoms with van der Waals surface area (Å²) in [4.78, 5) is 10.9. The van der Waals surface area contributed by atoms with Crippen molar-refractivity contribution >= 4 is 5.97 Å². The second-order valence-corrected chi connectivity index (χ2v) is 2.83. The van der Waals surface area contributed by atoms with Crippen LogP contribution in [0.25, 0.3) is 0 Å². The molecule has 4 heteroatoms. The van der Waals surface area contributed by atoms with Crippen LogP contribution in [0.1, 0.15) is 26.2 Å². The van der Waals surface area contributed by atoms with Gasteiger partial charge in [-0.3, -0.25) is 4.79 Å². The summed E-state index contributed by atoms with van der Waals surface area (Å²) in [5.41, 5.74) is 0. The number of esters is 1. The Balaban J connectivity index is 3.11. The molecular formula is C9H19NO3. The molecule has 0 amide bonds. The van der Waals surface area contributed by atoms with Crippen molar-refractivity contribution in [3.63, 3.8) is 0 Å². The number of unbranched alkanes of at least 4 members (excludes halogenated alkanes) is 1. The van der Waals surface area contributed by atoms with Gasteiger partial charge in [0.2, 0.25) is 0 Å². The predicted molar refractivity (Wildman–Crippen MR) is 50.4 cm³/mol. The van der Waals surface area contributed by atoms with E-state index in [2.05, 4.69) is 5.32 Å². The minimum atomic E-state index is -0.216. The van der Waals surface area contributed by atoms with Crippen LogP contribution in [-0.4, -0.2) is 37.4 Å². The molecule has 0 radical (unpaired) electrons. The zero-order chi connectivity index (χ0) is 9.94. The molecule has 0 saturated heterocycles. The fourth-order valence-corrected chi connectivity index (χ4v) is 0.776. The lowest BCUT2D eigenvalue weighted by Crippen LogP contribution is -2.26. The highest BCUT2D eigenvalue weighted by atomic mass is 16.5. The van der Waals surface area contributed by atoms with E-state index in [0.717, 1.165) is 12.8 Å². The first-order valence-corrected chi connectivity index (χ1v) is 4.78. The second-order valence-electron chi connectivity index (χ2n) is 2.83. The van der Waals surface area contributed by atoms with Gasteiger partial charge < -0.3 is 15.2 Å². The third-order valence-electron chi connectivity index (χ3n) is 1.54. The molecule has 0 aliphatic rings. The SMILES string of the molecule is CCCCOC(=O)CNCCCO. The fourth-order valence-electron chi connectivity index (χ4n) is 0.776. The van der Waals surface area contributed by atoms with Gasteiger partial charge in [-0.25, -0.2) is 0 Å². The van der Waals surface area contributed by atoms with Crippen molar-refractivity contribution in [2.75, 3.05) is 26.3 Å². The van der Waals surface area contributed by atoms with Crippen molar-refractivity contribution in [1.29, 1.82) is 0 Å². The molecule has 0 aliphatic carbocycles. The number of aliphatic hydroxyl groups excluding tert-OH is 1. The standard InChI is InChI=1S/C9H19NO3/c1-2-3-7-13-9(12)8-10-5-4-6-11/h10-11H,2-8H2,1H3. The predicted octanol–water partition coefficient (Wildman–Crippen LogP) is 0.302. The Hall–Kier alpha value is -0.610. The summed E-state index contributed by atoms with van der Waals surface area (Å²) in [5, 5.41) is 11.3. The fraction of sp³-hybridized carbons (Fsp3) is 0.889. The van der Waals surface area contributed by atoms with Gasteiger partial charge in [-0.1, -0.05) is 13.3 Å². The van der Waals surface area contributed by atoms with Gasteiger partial charge in [-0.05, 0) is 19.4 Å². The lowest BCUT2D eigenvalue weighted by Gasteiger charge is -2.04. The molecule has 0 bridgehead atoms. The van der Waals surface area contributed by atoms with Crippen molar-refractivity contribution in [1.82, 2.24) is 5.32 Å². The van der Waals surface area contributed by atoms with Crippen molar-refractivity contribution < 1.29 is 14.6 Å². The molecule has 0 aromatic carbocycles. The number of hydrogen-bond acceptors (Lipinski definition) is 4. The van der Waals surface area contributed by atoms with Crippen LogP contribution in [0, 0.1) is 0 Å². The van der Waals surface area contributed by atoms with Crippen LogP contribution < -0.4 is 5.32 Å². The zero-order valence-electron chi connectivity index (χ0n) is 8.21. The molecule has 13 heavy (non-hydrogen) atoms. The Kier molecular flexibility index (Phi) is 9.03. The highest BCUT2D eigenvalue weighted by molar-refractivity contribution is 5.71. The first-order valence-electron chi connectivity index (χ1n) is 4.78. The molecule has 0 aromatic heterocycles. The summed E-state index contributed by atoms with van der Waals surface area (Å²) in [5.74, 6) is -0.216. The molecule has 0 unspecified atom stereocenters. The monoisotopic (exact) mass is 189 g/mol. The van der Waals surface area contributed by atoms with Crippen molar-refractivity contribution in [3.8, 4) is 0 Å². The Morgan fingerprint density at radius 1 is 1.46 bits per heavy atom. The third kappa shape index (κ3) is 9.30. The third-order valence-corrected chi connectivity index (χ3v) is 1.54. The van der Waals surface area contributed by atoms with E-state index in [-0.39, 0.29) is 19.1 Å². The van der Waals surface area contributed by atoms with Gasteiger partial charge in [0.05, 0.1) is 13.2 Å². The smallest absolute Gasteiger partial charge is 0.319 e. The van der Waals surface area contributed by atoms with Crippen LogP contribution in [-0.2, 0) is 9.53 Å². The maximum Gasteiger partial charge on any atom is 0.319 e. The summed E-state index contributed by atoms with van der Waals surface area (Å²) in [7, 11) is 0. The molecule has 0 spiro atoms. The first-order chi connectivity index (χ1) is 6.31. The minimum Gasteiger partial charge on any atom is -0.465 e. The molecule has 0 aliphatic heterocycles. The van der Waals surface area contributed by atoms with Crippen LogP contribution in [0.2, 0.25) is 0 Å². The first kappa shape index (κ1) is 12.4. The zero-order valence-corrected chi connectivity index (χ0v) is 8.21.